The molecule has 0 aliphatic rings. The molecule has 40 valence electrons. The Morgan fingerprint density at radius 3 is 2.57 bits per heavy atom. The van der Waals surface area contributed by atoms with Crippen LogP contribution in [0.4, 0.5) is 0 Å². The first-order valence-corrected chi connectivity index (χ1v) is 3.08. The summed E-state index contributed by atoms with van der Waals surface area (Å²) < 4.78 is 2.68. The Morgan fingerprint density at radius 2 is 2.43 bits per heavy atom. The summed E-state index contributed by atoms with van der Waals surface area (Å²) in [5.74, 6) is 0. The molecule has 0 amide bonds. The molecule has 0 fully saturated rings. The SMILES string of the molecule is C=CNC(=S)NI. The fraction of sp³-hybridized carbons (Fsp3) is 0. The predicted molar refractivity (Wildman–Crippen MR) is 43.1 cm³/mol. The van der Waals surface area contributed by atoms with Crippen LogP contribution in [-0.2, 0) is 0 Å². The summed E-state index contributed by atoms with van der Waals surface area (Å²) in [5, 5.41) is 3.25. The molecule has 0 heterocycles. The number of hydrogen-bond acceptors (Lipinski definition) is 1. The molecule has 0 aliphatic carbocycles. The molecule has 0 aliphatic heterocycles. The third-order valence-electron chi connectivity index (χ3n) is 0.319. The van der Waals surface area contributed by atoms with Crippen molar-refractivity contribution in [3.63, 3.8) is 0 Å². The molecule has 2 N–H and O–H groups in total. The molecular formula is C3H5IN2S. The normalized spacial score (nSPS) is 7.00. The van der Waals surface area contributed by atoms with Gasteiger partial charge in [0.15, 0.2) is 5.11 Å². The average molecular weight is 228 g/mol. The van der Waals surface area contributed by atoms with Crippen LogP contribution in [0.25, 0.3) is 0 Å². The van der Waals surface area contributed by atoms with Gasteiger partial charge in [-0.3, -0.25) is 0 Å². The van der Waals surface area contributed by atoms with Crippen LogP contribution in [0.5, 0.6) is 0 Å². The summed E-state index contributed by atoms with van der Waals surface area (Å²) in [4.78, 5) is 0. The monoisotopic (exact) mass is 228 g/mol. The molecule has 0 spiro atoms. The van der Waals surface area contributed by atoms with Crippen molar-refractivity contribution >= 4 is 40.2 Å². The molecular weight excluding hydrogens is 223 g/mol. The minimum absolute atomic E-state index is 0.579. The van der Waals surface area contributed by atoms with E-state index in [0.29, 0.717) is 5.11 Å². The molecule has 0 aromatic carbocycles. The summed E-state index contributed by atoms with van der Waals surface area (Å²) in [6.45, 7) is 3.41. The highest BCUT2D eigenvalue weighted by Crippen LogP contribution is 1.70. The van der Waals surface area contributed by atoms with E-state index < -0.39 is 0 Å². The van der Waals surface area contributed by atoms with Crippen molar-refractivity contribution < 1.29 is 0 Å². The standard InChI is InChI=1S/C3H5IN2S/c1-2-5-3(7)6-4/h2H,1H2,(H2,5,6,7). The Kier molecular flexibility index (Phi) is 4.42. The van der Waals surface area contributed by atoms with Gasteiger partial charge in [-0.05, 0) is 18.4 Å². The summed E-state index contributed by atoms with van der Waals surface area (Å²) in [5.41, 5.74) is 0. The van der Waals surface area contributed by atoms with E-state index in [0.717, 1.165) is 0 Å². The fourth-order valence-electron chi connectivity index (χ4n) is 0.120. The second-order valence-electron chi connectivity index (χ2n) is 0.772. The second-order valence-corrected chi connectivity index (χ2v) is 1.72. The van der Waals surface area contributed by atoms with E-state index >= 15 is 0 Å². The zero-order valence-electron chi connectivity index (χ0n) is 3.57. The minimum Gasteiger partial charge on any atom is -0.339 e. The average Bonchev–Trinajstić information content (AvgIpc) is 1.68. The Morgan fingerprint density at radius 1 is 1.86 bits per heavy atom. The second kappa shape index (κ2) is 4.32. The third-order valence-corrected chi connectivity index (χ3v) is 1.44. The van der Waals surface area contributed by atoms with E-state index in [1.165, 1.54) is 6.20 Å². The van der Waals surface area contributed by atoms with Gasteiger partial charge in [-0.1, -0.05) is 6.58 Å². The zero-order valence-corrected chi connectivity index (χ0v) is 6.54. The van der Waals surface area contributed by atoms with Crippen LogP contribution in [0.1, 0.15) is 0 Å². The first-order chi connectivity index (χ1) is 3.31. The molecule has 0 aromatic rings. The number of rotatable bonds is 1. The van der Waals surface area contributed by atoms with Crippen molar-refractivity contribution in [3.05, 3.63) is 12.8 Å². The molecule has 0 saturated heterocycles. The topological polar surface area (TPSA) is 24.1 Å². The first kappa shape index (κ1) is 7.16. The molecule has 0 aromatic heterocycles. The van der Waals surface area contributed by atoms with E-state index in [-0.39, 0.29) is 0 Å². The lowest BCUT2D eigenvalue weighted by atomic mass is 10.9. The maximum atomic E-state index is 4.65. The van der Waals surface area contributed by atoms with Crippen LogP contribution in [0.15, 0.2) is 12.8 Å². The van der Waals surface area contributed by atoms with Gasteiger partial charge in [0, 0.05) is 0 Å². The lowest BCUT2D eigenvalue weighted by Crippen LogP contribution is -2.23. The highest BCUT2D eigenvalue weighted by Gasteiger charge is 1.79. The number of hydrogen-bond donors (Lipinski definition) is 2. The van der Waals surface area contributed by atoms with Gasteiger partial charge in [0.05, 0.1) is 22.9 Å². The quantitative estimate of drug-likeness (QED) is 0.397. The van der Waals surface area contributed by atoms with E-state index in [4.69, 9.17) is 0 Å². The van der Waals surface area contributed by atoms with Crippen molar-refractivity contribution in [3.8, 4) is 0 Å². The Bertz CT molecular complexity index is 83.0. The van der Waals surface area contributed by atoms with E-state index in [2.05, 4.69) is 27.6 Å². The van der Waals surface area contributed by atoms with E-state index in [9.17, 15) is 0 Å². The smallest absolute Gasteiger partial charge is 0.179 e. The summed E-state index contributed by atoms with van der Waals surface area (Å²) in [6.07, 6.45) is 1.52. The van der Waals surface area contributed by atoms with E-state index in [1.54, 1.807) is 0 Å². The molecule has 0 unspecified atom stereocenters. The van der Waals surface area contributed by atoms with Crippen LogP contribution in [0.3, 0.4) is 0 Å². The van der Waals surface area contributed by atoms with Crippen LogP contribution in [0, 0.1) is 0 Å². The summed E-state index contributed by atoms with van der Waals surface area (Å²) in [7, 11) is 0. The van der Waals surface area contributed by atoms with Crippen LogP contribution >= 0.6 is 35.1 Å². The molecule has 7 heavy (non-hydrogen) atoms. The molecule has 0 rings (SSSR count). The maximum Gasteiger partial charge on any atom is 0.179 e. The Balaban J connectivity index is 3.17. The number of nitrogens with one attached hydrogen (secondary N) is 2. The van der Waals surface area contributed by atoms with Gasteiger partial charge in [-0.15, -0.1) is 0 Å². The van der Waals surface area contributed by atoms with Gasteiger partial charge in [0.25, 0.3) is 0 Å². The minimum atomic E-state index is 0.579. The van der Waals surface area contributed by atoms with Crippen molar-refractivity contribution in [1.82, 2.24) is 8.85 Å². The highest BCUT2D eigenvalue weighted by molar-refractivity contribution is 14.1. The van der Waals surface area contributed by atoms with E-state index in [1.807, 2.05) is 22.9 Å². The molecule has 0 atom stereocenters. The Labute approximate surface area is 61.9 Å². The maximum absolute atomic E-state index is 4.65. The fourth-order valence-corrected chi connectivity index (χ4v) is 0.359. The zero-order chi connectivity index (χ0) is 5.70. The third kappa shape index (κ3) is 4.00. The molecule has 4 heteroatoms. The van der Waals surface area contributed by atoms with Crippen molar-refractivity contribution in [2.75, 3.05) is 0 Å². The lowest BCUT2D eigenvalue weighted by molar-refractivity contribution is 1.27. The number of thiocarbonyl (C=S) groups is 1. The van der Waals surface area contributed by atoms with Crippen LogP contribution < -0.4 is 8.85 Å². The highest BCUT2D eigenvalue weighted by atomic mass is 127. The van der Waals surface area contributed by atoms with Crippen LogP contribution in [-0.4, -0.2) is 5.11 Å². The van der Waals surface area contributed by atoms with Gasteiger partial charge in [0.1, 0.15) is 0 Å². The number of halogens is 1. The van der Waals surface area contributed by atoms with Gasteiger partial charge in [-0.2, -0.15) is 0 Å². The molecule has 0 bridgehead atoms. The Hall–Kier alpha value is 0.160. The van der Waals surface area contributed by atoms with Crippen molar-refractivity contribution in [2.24, 2.45) is 0 Å². The summed E-state index contributed by atoms with van der Waals surface area (Å²) >= 11 is 6.59. The van der Waals surface area contributed by atoms with Gasteiger partial charge < -0.3 is 8.85 Å². The van der Waals surface area contributed by atoms with Crippen LogP contribution in [0.2, 0.25) is 0 Å². The molecule has 2 nitrogen and oxygen atoms in total. The van der Waals surface area contributed by atoms with Crippen molar-refractivity contribution in [1.29, 1.82) is 0 Å². The lowest BCUT2D eigenvalue weighted by Gasteiger charge is -1.95. The first-order valence-electron chi connectivity index (χ1n) is 1.59. The largest absolute Gasteiger partial charge is 0.339 e. The summed E-state index contributed by atoms with van der Waals surface area (Å²) in [6, 6.07) is 0. The predicted octanol–water partition coefficient (Wildman–Crippen LogP) is 0.944. The molecule has 0 saturated carbocycles. The molecule has 0 radical (unpaired) electrons. The van der Waals surface area contributed by atoms with Gasteiger partial charge in [-0.25, -0.2) is 0 Å². The van der Waals surface area contributed by atoms with Crippen molar-refractivity contribution in [2.45, 2.75) is 0 Å². The van der Waals surface area contributed by atoms with Gasteiger partial charge >= 0.3 is 0 Å². The van der Waals surface area contributed by atoms with Gasteiger partial charge in [0.2, 0.25) is 0 Å².